The van der Waals surface area contributed by atoms with Gasteiger partial charge in [-0.1, -0.05) is 18.5 Å². The second-order valence-electron chi connectivity index (χ2n) is 5.30. The van der Waals surface area contributed by atoms with Crippen molar-refractivity contribution in [3.8, 4) is 0 Å². The van der Waals surface area contributed by atoms with Crippen molar-refractivity contribution in [1.82, 2.24) is 25.3 Å². The molecule has 23 heavy (non-hydrogen) atoms. The molecule has 0 aliphatic carbocycles. The van der Waals surface area contributed by atoms with Gasteiger partial charge in [0.25, 0.3) is 0 Å². The predicted molar refractivity (Wildman–Crippen MR) is 86.1 cm³/mol. The number of nitrogens with one attached hydrogen (secondary N) is 1. The van der Waals surface area contributed by atoms with Crippen LogP contribution in [0.1, 0.15) is 30.5 Å². The van der Waals surface area contributed by atoms with Gasteiger partial charge in [-0.15, -0.1) is 0 Å². The smallest absolute Gasteiger partial charge is 0.233 e. The van der Waals surface area contributed by atoms with Crippen molar-refractivity contribution in [2.24, 2.45) is 0 Å². The van der Waals surface area contributed by atoms with E-state index in [0.717, 1.165) is 24.2 Å². The van der Waals surface area contributed by atoms with Gasteiger partial charge in [0.1, 0.15) is 5.82 Å². The Bertz CT molecular complexity index is 779. The fourth-order valence-electron chi connectivity index (χ4n) is 2.28. The minimum absolute atomic E-state index is 0.401. The third-order valence-corrected chi connectivity index (χ3v) is 3.31. The van der Waals surface area contributed by atoms with Gasteiger partial charge in [0.15, 0.2) is 11.6 Å². The van der Waals surface area contributed by atoms with Gasteiger partial charge in [-0.3, -0.25) is 10.00 Å². The summed E-state index contributed by atoms with van der Waals surface area (Å²) in [6.07, 6.45) is 3.59. The number of nitrogens with two attached hydrogens (primary N) is 1. The highest BCUT2D eigenvalue weighted by molar-refractivity contribution is 5.54. The Hall–Kier alpha value is -2.90. The highest BCUT2D eigenvalue weighted by atomic mass is 16.5. The van der Waals surface area contributed by atoms with Crippen LogP contribution in [0.25, 0.3) is 0 Å². The molecule has 0 bridgehead atoms. The van der Waals surface area contributed by atoms with E-state index in [0.29, 0.717) is 29.9 Å². The van der Waals surface area contributed by atoms with Crippen LogP contribution in [0.15, 0.2) is 28.9 Å². The molecular weight excluding hydrogens is 294 g/mol. The maximum Gasteiger partial charge on any atom is 0.233 e. The number of aromatic amines is 1. The molecule has 0 saturated heterocycles. The normalized spacial score (nSPS) is 10.9. The third-order valence-electron chi connectivity index (χ3n) is 3.31. The summed E-state index contributed by atoms with van der Waals surface area (Å²) in [4.78, 5) is 10.4. The van der Waals surface area contributed by atoms with E-state index in [1.807, 2.05) is 24.0 Å². The average Bonchev–Trinajstić information content (AvgIpc) is 3.14. The standard InChI is InChI=1S/C15H19N7O/c1-3-4-11-8-14(20-19-11)22(9-12-7-10(2)21-23-12)15-17-6-5-13(16)18-15/h5-8H,3-4,9H2,1-2H3,(H,19,20)(H2,16,17,18). The largest absolute Gasteiger partial charge is 0.384 e. The van der Waals surface area contributed by atoms with Gasteiger partial charge in [0.05, 0.1) is 12.2 Å². The van der Waals surface area contributed by atoms with E-state index >= 15 is 0 Å². The predicted octanol–water partition coefficient (Wildman–Crippen LogP) is 2.37. The van der Waals surface area contributed by atoms with E-state index in [1.54, 1.807) is 12.3 Å². The number of H-pyrrole nitrogens is 1. The first-order valence-electron chi connectivity index (χ1n) is 7.48. The molecule has 3 heterocycles. The number of hydrogen-bond donors (Lipinski definition) is 2. The maximum atomic E-state index is 5.78. The van der Waals surface area contributed by atoms with Crippen LogP contribution in [0.3, 0.4) is 0 Å². The van der Waals surface area contributed by atoms with Gasteiger partial charge in [-0.2, -0.15) is 10.1 Å². The second kappa shape index (κ2) is 6.47. The van der Waals surface area contributed by atoms with Gasteiger partial charge in [-0.05, 0) is 19.4 Å². The topological polar surface area (TPSA) is 110 Å². The Morgan fingerprint density at radius 1 is 1.35 bits per heavy atom. The first kappa shape index (κ1) is 15.0. The summed E-state index contributed by atoms with van der Waals surface area (Å²) in [6, 6.07) is 5.51. The number of nitrogens with zero attached hydrogens (tertiary/aromatic N) is 5. The zero-order valence-corrected chi connectivity index (χ0v) is 13.2. The van der Waals surface area contributed by atoms with Crippen molar-refractivity contribution in [2.45, 2.75) is 33.2 Å². The van der Waals surface area contributed by atoms with Crippen LogP contribution >= 0.6 is 0 Å². The van der Waals surface area contributed by atoms with Crippen LogP contribution in [-0.4, -0.2) is 25.3 Å². The highest BCUT2D eigenvalue weighted by Gasteiger charge is 2.18. The van der Waals surface area contributed by atoms with Gasteiger partial charge < -0.3 is 10.3 Å². The summed E-state index contributed by atoms with van der Waals surface area (Å²) in [5, 5.41) is 11.3. The lowest BCUT2D eigenvalue weighted by atomic mass is 10.2. The Balaban J connectivity index is 1.94. The molecule has 0 unspecified atom stereocenters. The molecule has 0 fully saturated rings. The summed E-state index contributed by atoms with van der Waals surface area (Å²) < 4.78 is 5.31. The second-order valence-corrected chi connectivity index (χ2v) is 5.30. The number of hydrogen-bond acceptors (Lipinski definition) is 7. The van der Waals surface area contributed by atoms with Crippen molar-refractivity contribution in [3.63, 3.8) is 0 Å². The van der Waals surface area contributed by atoms with Crippen molar-refractivity contribution in [3.05, 3.63) is 41.5 Å². The molecule has 3 N–H and O–H groups in total. The molecule has 0 spiro atoms. The van der Waals surface area contributed by atoms with E-state index in [2.05, 4.69) is 32.2 Å². The van der Waals surface area contributed by atoms with Crippen molar-refractivity contribution in [1.29, 1.82) is 0 Å². The average molecular weight is 313 g/mol. The third kappa shape index (κ3) is 3.47. The van der Waals surface area contributed by atoms with E-state index in [9.17, 15) is 0 Å². The Kier molecular flexibility index (Phi) is 4.22. The molecule has 0 aliphatic rings. The van der Waals surface area contributed by atoms with Crippen molar-refractivity contribution >= 4 is 17.6 Å². The zero-order chi connectivity index (χ0) is 16.2. The van der Waals surface area contributed by atoms with Crippen molar-refractivity contribution < 1.29 is 4.52 Å². The van der Waals surface area contributed by atoms with Crippen LogP contribution in [0.5, 0.6) is 0 Å². The summed E-state index contributed by atoms with van der Waals surface area (Å²) in [6.45, 7) is 4.42. The zero-order valence-electron chi connectivity index (χ0n) is 13.2. The van der Waals surface area contributed by atoms with Gasteiger partial charge in [0, 0.05) is 24.0 Å². The summed E-state index contributed by atoms with van der Waals surface area (Å²) in [5.41, 5.74) is 7.66. The molecule has 0 radical (unpaired) electrons. The minimum Gasteiger partial charge on any atom is -0.384 e. The van der Waals surface area contributed by atoms with Crippen LogP contribution in [-0.2, 0) is 13.0 Å². The molecule has 0 saturated carbocycles. The van der Waals surface area contributed by atoms with Crippen LogP contribution in [0, 0.1) is 6.92 Å². The molecule has 0 amide bonds. The quantitative estimate of drug-likeness (QED) is 0.718. The fraction of sp³-hybridized carbons (Fsp3) is 0.333. The number of aromatic nitrogens is 5. The molecule has 3 rings (SSSR count). The summed E-state index contributed by atoms with van der Waals surface area (Å²) >= 11 is 0. The number of rotatable bonds is 6. The Morgan fingerprint density at radius 2 is 2.22 bits per heavy atom. The molecule has 8 nitrogen and oxygen atoms in total. The molecule has 0 aromatic carbocycles. The van der Waals surface area contributed by atoms with Crippen LogP contribution in [0.4, 0.5) is 17.6 Å². The molecule has 8 heteroatoms. The summed E-state index contributed by atoms with van der Waals surface area (Å²) in [7, 11) is 0. The number of aryl methyl sites for hydroxylation is 2. The molecule has 3 aromatic heterocycles. The molecule has 0 aliphatic heterocycles. The lowest BCUT2D eigenvalue weighted by molar-refractivity contribution is 0.380. The molecular formula is C15H19N7O. The van der Waals surface area contributed by atoms with E-state index in [1.165, 1.54) is 0 Å². The lowest BCUT2D eigenvalue weighted by Crippen LogP contribution is -2.19. The summed E-state index contributed by atoms with van der Waals surface area (Å²) in [5.74, 6) is 2.29. The van der Waals surface area contributed by atoms with E-state index in [4.69, 9.17) is 10.3 Å². The fourth-order valence-corrected chi connectivity index (χ4v) is 2.28. The SMILES string of the molecule is CCCc1cc(N(Cc2cc(C)no2)c2nccc(N)n2)n[nH]1. The minimum atomic E-state index is 0.401. The molecule has 0 atom stereocenters. The van der Waals surface area contributed by atoms with Gasteiger partial charge in [0.2, 0.25) is 5.95 Å². The van der Waals surface area contributed by atoms with Gasteiger partial charge >= 0.3 is 0 Å². The Labute approximate surface area is 133 Å². The van der Waals surface area contributed by atoms with E-state index in [-0.39, 0.29) is 0 Å². The number of anilines is 3. The van der Waals surface area contributed by atoms with Crippen LogP contribution in [0.2, 0.25) is 0 Å². The lowest BCUT2D eigenvalue weighted by Gasteiger charge is -2.18. The van der Waals surface area contributed by atoms with Crippen LogP contribution < -0.4 is 10.6 Å². The first-order valence-corrected chi connectivity index (χ1v) is 7.48. The highest BCUT2D eigenvalue weighted by Crippen LogP contribution is 2.24. The number of nitrogen functional groups attached to an aromatic ring is 1. The first-order chi connectivity index (χ1) is 11.2. The van der Waals surface area contributed by atoms with E-state index < -0.39 is 0 Å². The van der Waals surface area contributed by atoms with Crippen molar-refractivity contribution in [2.75, 3.05) is 10.6 Å². The Morgan fingerprint density at radius 3 is 2.91 bits per heavy atom. The molecule has 3 aromatic rings. The molecule has 120 valence electrons. The van der Waals surface area contributed by atoms with Gasteiger partial charge in [-0.25, -0.2) is 4.98 Å². The maximum absolute atomic E-state index is 5.78. The monoisotopic (exact) mass is 313 g/mol.